The van der Waals surface area contributed by atoms with Gasteiger partial charge >= 0.3 is 0 Å². The molecule has 0 radical (unpaired) electrons. The standard InChI is InChI=1S/C16H21Cl2NO2/c1-3-4-8-21-13-7-5-6-12(9-13)10-19-14(20)15(2)11-16(15,17)18/h5-7,9H,3-4,8,10-11H2,1-2H3,(H,19,20)/t15-/m0/s1. The Morgan fingerprint density at radius 1 is 1.43 bits per heavy atom. The number of halogens is 2. The normalized spacial score (nSPS) is 22.7. The van der Waals surface area contributed by atoms with Gasteiger partial charge in [0.05, 0.1) is 12.0 Å². The molecule has 1 N–H and O–H groups in total. The average molecular weight is 330 g/mol. The van der Waals surface area contributed by atoms with E-state index in [1.165, 1.54) is 0 Å². The molecule has 5 heteroatoms. The Morgan fingerprint density at radius 2 is 2.14 bits per heavy atom. The van der Waals surface area contributed by atoms with Crippen molar-refractivity contribution in [1.82, 2.24) is 5.32 Å². The van der Waals surface area contributed by atoms with Crippen molar-refractivity contribution in [1.29, 1.82) is 0 Å². The fraction of sp³-hybridized carbons (Fsp3) is 0.562. The summed E-state index contributed by atoms with van der Waals surface area (Å²) < 4.78 is 4.72. The third-order valence-electron chi connectivity index (χ3n) is 3.88. The van der Waals surface area contributed by atoms with Crippen molar-refractivity contribution in [3.63, 3.8) is 0 Å². The molecule has 0 unspecified atom stereocenters. The number of hydrogen-bond acceptors (Lipinski definition) is 2. The van der Waals surface area contributed by atoms with Gasteiger partial charge in [-0.3, -0.25) is 4.79 Å². The van der Waals surface area contributed by atoms with Crippen molar-refractivity contribution in [3.8, 4) is 5.75 Å². The van der Waals surface area contributed by atoms with Crippen LogP contribution in [0, 0.1) is 5.41 Å². The molecule has 0 aromatic heterocycles. The molecule has 3 nitrogen and oxygen atoms in total. The van der Waals surface area contributed by atoms with Crippen LogP contribution in [-0.2, 0) is 11.3 Å². The maximum Gasteiger partial charge on any atom is 0.229 e. The maximum atomic E-state index is 12.1. The van der Waals surface area contributed by atoms with Gasteiger partial charge < -0.3 is 10.1 Å². The van der Waals surface area contributed by atoms with Crippen molar-refractivity contribution in [2.45, 2.75) is 44.0 Å². The van der Waals surface area contributed by atoms with E-state index < -0.39 is 9.75 Å². The van der Waals surface area contributed by atoms with Crippen molar-refractivity contribution < 1.29 is 9.53 Å². The van der Waals surface area contributed by atoms with E-state index in [4.69, 9.17) is 27.9 Å². The van der Waals surface area contributed by atoms with Gasteiger partial charge in [0.25, 0.3) is 0 Å². The van der Waals surface area contributed by atoms with Gasteiger partial charge in [0.1, 0.15) is 10.1 Å². The minimum atomic E-state index is -0.928. The number of carbonyl (C=O) groups is 1. The van der Waals surface area contributed by atoms with Crippen molar-refractivity contribution in [2.24, 2.45) is 5.41 Å². The summed E-state index contributed by atoms with van der Waals surface area (Å²) in [6.07, 6.45) is 2.63. The zero-order valence-electron chi connectivity index (χ0n) is 12.4. The third-order valence-corrected chi connectivity index (χ3v) is 4.98. The largest absolute Gasteiger partial charge is 0.494 e. The van der Waals surface area contributed by atoms with Gasteiger partial charge in [-0.25, -0.2) is 0 Å². The lowest BCUT2D eigenvalue weighted by Crippen LogP contribution is -2.32. The Hall–Kier alpha value is -0.930. The summed E-state index contributed by atoms with van der Waals surface area (Å²) in [5, 5.41) is 2.89. The highest BCUT2D eigenvalue weighted by Gasteiger charge is 2.67. The zero-order chi connectivity index (χ0) is 15.5. The Labute approximate surface area is 136 Å². The molecular formula is C16H21Cl2NO2. The summed E-state index contributed by atoms with van der Waals surface area (Å²) in [5.41, 5.74) is 0.321. The number of unbranched alkanes of at least 4 members (excludes halogenated alkanes) is 1. The number of amides is 1. The van der Waals surface area contributed by atoms with Crippen LogP contribution in [-0.4, -0.2) is 16.8 Å². The zero-order valence-corrected chi connectivity index (χ0v) is 13.9. The van der Waals surface area contributed by atoms with Gasteiger partial charge in [-0.2, -0.15) is 0 Å². The van der Waals surface area contributed by atoms with Gasteiger partial charge in [0.15, 0.2) is 0 Å². The lowest BCUT2D eigenvalue weighted by molar-refractivity contribution is -0.125. The number of rotatable bonds is 7. The molecule has 0 aliphatic heterocycles. The number of hydrogen-bond donors (Lipinski definition) is 1. The van der Waals surface area contributed by atoms with Crippen molar-refractivity contribution in [2.75, 3.05) is 6.61 Å². The van der Waals surface area contributed by atoms with E-state index in [1.807, 2.05) is 24.3 Å². The summed E-state index contributed by atoms with van der Waals surface area (Å²) in [7, 11) is 0. The molecular weight excluding hydrogens is 309 g/mol. The SMILES string of the molecule is CCCCOc1cccc(CNC(=O)[C@]2(C)CC2(Cl)Cl)c1. The van der Waals surface area contributed by atoms with Gasteiger partial charge in [-0.15, -0.1) is 23.2 Å². The third kappa shape index (κ3) is 3.83. The van der Waals surface area contributed by atoms with E-state index in [9.17, 15) is 4.79 Å². The first-order chi connectivity index (χ1) is 9.89. The predicted molar refractivity (Wildman–Crippen MR) is 85.9 cm³/mol. The van der Waals surface area contributed by atoms with Crippen LogP contribution in [0.15, 0.2) is 24.3 Å². The Bertz CT molecular complexity index is 519. The van der Waals surface area contributed by atoms with Crippen LogP contribution in [0.3, 0.4) is 0 Å². The van der Waals surface area contributed by atoms with Gasteiger partial charge in [0.2, 0.25) is 5.91 Å². The first-order valence-electron chi connectivity index (χ1n) is 7.27. The summed E-state index contributed by atoms with van der Waals surface area (Å²) in [5.74, 6) is 0.724. The average Bonchev–Trinajstić information content (AvgIpc) is 2.97. The van der Waals surface area contributed by atoms with Crippen LogP contribution >= 0.6 is 23.2 Å². The Balaban J connectivity index is 1.86. The molecule has 21 heavy (non-hydrogen) atoms. The molecule has 0 saturated heterocycles. The maximum absolute atomic E-state index is 12.1. The van der Waals surface area contributed by atoms with E-state index in [1.54, 1.807) is 6.92 Å². The topological polar surface area (TPSA) is 38.3 Å². The second-order valence-corrected chi connectivity index (χ2v) is 7.23. The van der Waals surface area contributed by atoms with E-state index in [0.717, 1.165) is 24.2 Å². The molecule has 1 aliphatic carbocycles. The van der Waals surface area contributed by atoms with Crippen LogP contribution in [0.5, 0.6) is 5.75 Å². The van der Waals surface area contributed by atoms with Gasteiger partial charge in [-0.1, -0.05) is 25.5 Å². The van der Waals surface area contributed by atoms with Crippen LogP contribution in [0.2, 0.25) is 0 Å². The summed E-state index contributed by atoms with van der Waals surface area (Å²) in [6.45, 7) is 5.07. The molecule has 1 atom stereocenters. The molecule has 0 heterocycles. The quantitative estimate of drug-likeness (QED) is 0.605. The first kappa shape index (κ1) is 16.4. The molecule has 0 bridgehead atoms. The lowest BCUT2D eigenvalue weighted by Gasteiger charge is -2.13. The molecule has 0 spiro atoms. The molecule has 1 aromatic rings. The Kier molecular flexibility index (Phi) is 5.05. The van der Waals surface area contributed by atoms with Crippen molar-refractivity contribution in [3.05, 3.63) is 29.8 Å². The lowest BCUT2D eigenvalue weighted by atomic mass is 10.1. The van der Waals surface area contributed by atoms with E-state index >= 15 is 0 Å². The Morgan fingerprint density at radius 3 is 2.76 bits per heavy atom. The molecule has 116 valence electrons. The molecule has 1 fully saturated rings. The number of nitrogens with one attached hydrogen (secondary N) is 1. The highest BCUT2D eigenvalue weighted by Crippen LogP contribution is 2.63. The van der Waals surface area contributed by atoms with E-state index in [2.05, 4.69) is 12.2 Å². The fourth-order valence-electron chi connectivity index (χ4n) is 2.10. The highest BCUT2D eigenvalue weighted by molar-refractivity contribution is 6.53. The fourth-order valence-corrected chi connectivity index (χ4v) is 2.81. The van der Waals surface area contributed by atoms with Crippen LogP contribution in [0.25, 0.3) is 0 Å². The predicted octanol–water partition coefficient (Wildman–Crippen LogP) is 4.07. The first-order valence-corrected chi connectivity index (χ1v) is 8.02. The number of ether oxygens (including phenoxy) is 1. The summed E-state index contributed by atoms with van der Waals surface area (Å²) in [6, 6.07) is 7.75. The molecule has 1 aliphatic rings. The molecule has 1 aromatic carbocycles. The smallest absolute Gasteiger partial charge is 0.229 e. The number of alkyl halides is 2. The molecule has 2 rings (SSSR count). The van der Waals surface area contributed by atoms with E-state index in [-0.39, 0.29) is 5.91 Å². The van der Waals surface area contributed by atoms with Crippen LogP contribution < -0.4 is 10.1 Å². The van der Waals surface area contributed by atoms with Crippen molar-refractivity contribution >= 4 is 29.1 Å². The van der Waals surface area contributed by atoms with Gasteiger partial charge in [0, 0.05) is 6.54 Å². The second kappa shape index (κ2) is 6.45. The molecule has 1 saturated carbocycles. The minimum absolute atomic E-state index is 0.107. The molecule has 1 amide bonds. The number of carbonyl (C=O) groups excluding carboxylic acids is 1. The monoisotopic (exact) mass is 329 g/mol. The highest BCUT2D eigenvalue weighted by atomic mass is 35.5. The van der Waals surface area contributed by atoms with E-state index in [0.29, 0.717) is 19.6 Å². The minimum Gasteiger partial charge on any atom is -0.494 e. The summed E-state index contributed by atoms with van der Waals surface area (Å²) >= 11 is 12.0. The second-order valence-electron chi connectivity index (χ2n) is 5.75. The number of benzene rings is 1. The van der Waals surface area contributed by atoms with Crippen LogP contribution in [0.4, 0.5) is 0 Å². The van der Waals surface area contributed by atoms with Crippen LogP contribution in [0.1, 0.15) is 38.7 Å². The van der Waals surface area contributed by atoms with Gasteiger partial charge in [-0.05, 0) is 37.5 Å². The summed E-state index contributed by atoms with van der Waals surface area (Å²) in [4.78, 5) is 12.1.